The summed E-state index contributed by atoms with van der Waals surface area (Å²) >= 11 is 0. The van der Waals surface area contributed by atoms with E-state index in [9.17, 15) is 0 Å². The quantitative estimate of drug-likeness (QED) is 0.858. The van der Waals surface area contributed by atoms with Gasteiger partial charge in [-0.15, -0.1) is 10.2 Å². The Bertz CT molecular complexity index is 556. The molecule has 1 fully saturated rings. The molecule has 2 aromatic rings. The molecule has 3 rings (SSSR count). The van der Waals surface area contributed by atoms with Gasteiger partial charge in [-0.25, -0.2) is 4.98 Å². The van der Waals surface area contributed by atoms with Crippen LogP contribution in [0.25, 0.3) is 11.0 Å². The highest BCUT2D eigenvalue weighted by Crippen LogP contribution is 2.26. The average Bonchev–Trinajstić information content (AvgIpc) is 2.79. The van der Waals surface area contributed by atoms with E-state index in [1.165, 1.54) is 0 Å². The fourth-order valence-corrected chi connectivity index (χ4v) is 2.59. The second-order valence-corrected chi connectivity index (χ2v) is 4.94. The van der Waals surface area contributed by atoms with Crippen molar-refractivity contribution in [2.75, 3.05) is 18.0 Å². The smallest absolute Gasteiger partial charge is 0.246 e. The van der Waals surface area contributed by atoms with E-state index in [1.54, 1.807) is 0 Å². The lowest BCUT2D eigenvalue weighted by atomic mass is 10.1. The van der Waals surface area contributed by atoms with Crippen molar-refractivity contribution in [1.29, 1.82) is 0 Å². The minimum atomic E-state index is 0.432. The minimum Gasteiger partial charge on any atom is -0.336 e. The van der Waals surface area contributed by atoms with Crippen LogP contribution in [0.2, 0.25) is 0 Å². The Morgan fingerprint density at radius 3 is 2.78 bits per heavy atom. The maximum Gasteiger partial charge on any atom is 0.246 e. The molecular weight excluding hydrogens is 226 g/mol. The van der Waals surface area contributed by atoms with Crippen LogP contribution in [0.1, 0.15) is 13.3 Å². The van der Waals surface area contributed by atoms with Crippen molar-refractivity contribution in [2.45, 2.75) is 19.4 Å². The molecule has 2 unspecified atom stereocenters. The summed E-state index contributed by atoms with van der Waals surface area (Å²) in [5, 5.41) is 8.46. The van der Waals surface area contributed by atoms with E-state index in [4.69, 9.17) is 5.73 Å². The van der Waals surface area contributed by atoms with Crippen molar-refractivity contribution >= 4 is 17.0 Å². The number of aromatic nitrogens is 3. The van der Waals surface area contributed by atoms with Gasteiger partial charge in [-0.2, -0.15) is 0 Å². The second-order valence-electron chi connectivity index (χ2n) is 4.94. The minimum absolute atomic E-state index is 0.432. The van der Waals surface area contributed by atoms with Gasteiger partial charge in [-0.1, -0.05) is 12.1 Å². The predicted molar refractivity (Wildman–Crippen MR) is 71.3 cm³/mol. The molecular formula is C13H17N5. The predicted octanol–water partition coefficient (Wildman–Crippen LogP) is 1.20. The van der Waals surface area contributed by atoms with Crippen molar-refractivity contribution in [2.24, 2.45) is 11.7 Å². The number of anilines is 1. The van der Waals surface area contributed by atoms with Crippen LogP contribution in [-0.2, 0) is 0 Å². The summed E-state index contributed by atoms with van der Waals surface area (Å²) < 4.78 is 0. The highest BCUT2D eigenvalue weighted by Gasteiger charge is 2.30. The van der Waals surface area contributed by atoms with Crippen molar-refractivity contribution in [3.8, 4) is 0 Å². The van der Waals surface area contributed by atoms with Gasteiger partial charge < -0.3 is 10.6 Å². The van der Waals surface area contributed by atoms with E-state index in [0.29, 0.717) is 12.0 Å². The van der Waals surface area contributed by atoms with Gasteiger partial charge in [0.05, 0.1) is 5.52 Å². The van der Waals surface area contributed by atoms with E-state index in [2.05, 4.69) is 27.0 Å². The van der Waals surface area contributed by atoms with Crippen LogP contribution in [0.3, 0.4) is 0 Å². The maximum atomic E-state index is 5.74. The topological polar surface area (TPSA) is 67.9 Å². The van der Waals surface area contributed by atoms with Crippen LogP contribution in [0, 0.1) is 5.92 Å². The number of hydrogen-bond acceptors (Lipinski definition) is 5. The molecule has 0 radical (unpaired) electrons. The highest BCUT2D eigenvalue weighted by molar-refractivity contribution is 5.74. The zero-order chi connectivity index (χ0) is 12.5. The van der Waals surface area contributed by atoms with Crippen LogP contribution >= 0.6 is 0 Å². The molecule has 2 atom stereocenters. The van der Waals surface area contributed by atoms with Crippen molar-refractivity contribution in [3.63, 3.8) is 0 Å². The van der Waals surface area contributed by atoms with E-state index >= 15 is 0 Å². The van der Waals surface area contributed by atoms with E-state index in [1.807, 2.05) is 24.3 Å². The first-order valence-electron chi connectivity index (χ1n) is 6.34. The third kappa shape index (κ3) is 1.90. The van der Waals surface area contributed by atoms with Gasteiger partial charge in [0.25, 0.3) is 0 Å². The number of benzene rings is 1. The van der Waals surface area contributed by atoms with Crippen LogP contribution in [0.4, 0.5) is 5.95 Å². The molecule has 1 aliphatic heterocycles. The monoisotopic (exact) mass is 243 g/mol. The van der Waals surface area contributed by atoms with Crippen LogP contribution in [-0.4, -0.2) is 34.3 Å². The Morgan fingerprint density at radius 1 is 1.28 bits per heavy atom. The lowest BCUT2D eigenvalue weighted by molar-refractivity contribution is 0.579. The van der Waals surface area contributed by atoms with Crippen LogP contribution in [0.15, 0.2) is 24.3 Å². The molecule has 2 N–H and O–H groups in total. The summed E-state index contributed by atoms with van der Waals surface area (Å²) in [6, 6.07) is 8.24. The first-order valence-corrected chi connectivity index (χ1v) is 6.34. The lowest BCUT2D eigenvalue weighted by Crippen LogP contribution is -2.29. The summed E-state index contributed by atoms with van der Waals surface area (Å²) in [4.78, 5) is 6.79. The number of fused-ring (bicyclic) bond motifs is 1. The SMILES string of the molecule is CC1CC(CN)CN1c1nnc2ccccc2n1. The summed E-state index contributed by atoms with van der Waals surface area (Å²) in [5.74, 6) is 1.26. The summed E-state index contributed by atoms with van der Waals surface area (Å²) in [6.07, 6.45) is 1.10. The third-order valence-corrected chi connectivity index (χ3v) is 3.60. The molecule has 0 bridgehead atoms. The largest absolute Gasteiger partial charge is 0.336 e. The molecule has 5 heteroatoms. The Balaban J connectivity index is 1.94. The molecule has 5 nitrogen and oxygen atoms in total. The van der Waals surface area contributed by atoms with E-state index in [0.717, 1.165) is 36.5 Å². The lowest BCUT2D eigenvalue weighted by Gasteiger charge is -2.20. The molecule has 0 aliphatic carbocycles. The van der Waals surface area contributed by atoms with Gasteiger partial charge in [0.1, 0.15) is 5.52 Å². The van der Waals surface area contributed by atoms with Gasteiger partial charge in [0, 0.05) is 12.6 Å². The Morgan fingerprint density at radius 2 is 2.06 bits per heavy atom. The number of para-hydroxylation sites is 1. The molecule has 1 aromatic carbocycles. The molecule has 1 aromatic heterocycles. The summed E-state index contributed by atoms with van der Waals surface area (Å²) in [5.41, 5.74) is 7.47. The maximum absolute atomic E-state index is 5.74. The number of hydrogen-bond donors (Lipinski definition) is 1. The van der Waals surface area contributed by atoms with Gasteiger partial charge in [-0.3, -0.25) is 0 Å². The zero-order valence-corrected chi connectivity index (χ0v) is 10.5. The normalized spacial score (nSPS) is 23.8. The summed E-state index contributed by atoms with van der Waals surface area (Å²) in [7, 11) is 0. The molecule has 94 valence electrons. The molecule has 18 heavy (non-hydrogen) atoms. The van der Waals surface area contributed by atoms with Crippen LogP contribution in [0.5, 0.6) is 0 Å². The molecule has 0 saturated carbocycles. The molecule has 1 aliphatic rings. The summed E-state index contributed by atoms with van der Waals surface area (Å²) in [6.45, 7) is 3.84. The number of nitrogens with two attached hydrogens (primary N) is 1. The van der Waals surface area contributed by atoms with Crippen molar-refractivity contribution < 1.29 is 0 Å². The highest BCUT2D eigenvalue weighted by atomic mass is 15.3. The van der Waals surface area contributed by atoms with Crippen LogP contribution < -0.4 is 10.6 Å². The van der Waals surface area contributed by atoms with Gasteiger partial charge in [0.15, 0.2) is 0 Å². The Kier molecular flexibility index (Phi) is 2.83. The fraction of sp³-hybridized carbons (Fsp3) is 0.462. The van der Waals surface area contributed by atoms with E-state index < -0.39 is 0 Å². The second kappa shape index (κ2) is 4.49. The zero-order valence-electron chi connectivity index (χ0n) is 10.5. The Hall–Kier alpha value is -1.75. The third-order valence-electron chi connectivity index (χ3n) is 3.60. The first-order chi connectivity index (χ1) is 8.78. The fourth-order valence-electron chi connectivity index (χ4n) is 2.59. The molecule has 1 saturated heterocycles. The average molecular weight is 243 g/mol. The number of nitrogens with zero attached hydrogens (tertiary/aromatic N) is 4. The van der Waals surface area contributed by atoms with Crippen molar-refractivity contribution in [3.05, 3.63) is 24.3 Å². The number of rotatable bonds is 2. The molecule has 0 amide bonds. The van der Waals surface area contributed by atoms with Crippen molar-refractivity contribution in [1.82, 2.24) is 15.2 Å². The van der Waals surface area contributed by atoms with Gasteiger partial charge >= 0.3 is 0 Å². The molecule has 2 heterocycles. The Labute approximate surface area is 106 Å². The van der Waals surface area contributed by atoms with Gasteiger partial charge in [-0.05, 0) is 37.9 Å². The molecule has 0 spiro atoms. The van der Waals surface area contributed by atoms with E-state index in [-0.39, 0.29) is 0 Å². The van der Waals surface area contributed by atoms with Gasteiger partial charge in [0.2, 0.25) is 5.95 Å². The standard InChI is InChI=1S/C13H17N5/c1-9-6-10(7-14)8-18(9)13-15-11-4-2-3-5-12(11)16-17-13/h2-5,9-10H,6-8,14H2,1H3. The first kappa shape index (κ1) is 11.3.